The SMILES string of the molecule is O=S1(=O)NCc2cccc(-c3ccc(C(F)F)cc3)c2O1. The Balaban J connectivity index is 2.07. The highest BCUT2D eigenvalue weighted by molar-refractivity contribution is 7.85. The van der Waals surface area contributed by atoms with Gasteiger partial charge in [0.1, 0.15) is 0 Å². The van der Waals surface area contributed by atoms with E-state index in [2.05, 4.69) is 4.72 Å². The van der Waals surface area contributed by atoms with Gasteiger partial charge in [0.05, 0.1) is 0 Å². The van der Waals surface area contributed by atoms with E-state index in [1.165, 1.54) is 24.3 Å². The molecule has 0 aliphatic carbocycles. The van der Waals surface area contributed by atoms with Crippen LogP contribution in [0.3, 0.4) is 0 Å². The first-order valence-corrected chi connectivity index (χ1v) is 7.56. The van der Waals surface area contributed by atoms with Gasteiger partial charge in [-0.2, -0.15) is 13.1 Å². The quantitative estimate of drug-likeness (QED) is 0.927. The van der Waals surface area contributed by atoms with Crippen LogP contribution in [0.2, 0.25) is 0 Å². The summed E-state index contributed by atoms with van der Waals surface area (Å²) in [6, 6.07) is 10.9. The van der Waals surface area contributed by atoms with E-state index in [1.54, 1.807) is 18.2 Å². The summed E-state index contributed by atoms with van der Waals surface area (Å²) >= 11 is 0. The van der Waals surface area contributed by atoms with Gasteiger partial charge in [0.15, 0.2) is 5.75 Å². The summed E-state index contributed by atoms with van der Waals surface area (Å²) in [7, 11) is -3.82. The van der Waals surface area contributed by atoms with E-state index in [0.717, 1.165) is 0 Å². The second kappa shape index (κ2) is 5.09. The fourth-order valence-corrected chi connectivity index (χ4v) is 2.97. The Labute approximate surface area is 120 Å². The Kier molecular flexibility index (Phi) is 3.38. The van der Waals surface area contributed by atoms with Crippen LogP contribution in [0.25, 0.3) is 11.1 Å². The van der Waals surface area contributed by atoms with Gasteiger partial charge in [0, 0.05) is 23.2 Å². The molecule has 1 heterocycles. The van der Waals surface area contributed by atoms with Crippen LogP contribution in [0, 0.1) is 0 Å². The maximum absolute atomic E-state index is 12.6. The molecule has 1 aliphatic heterocycles. The van der Waals surface area contributed by atoms with E-state index in [-0.39, 0.29) is 17.9 Å². The summed E-state index contributed by atoms with van der Waals surface area (Å²) in [6.45, 7) is 0.140. The number of hydrogen-bond donors (Lipinski definition) is 1. The zero-order valence-corrected chi connectivity index (χ0v) is 11.5. The molecule has 0 spiro atoms. The molecule has 1 N–H and O–H groups in total. The first-order chi connectivity index (χ1) is 9.96. The third-order valence-electron chi connectivity index (χ3n) is 3.20. The number of nitrogens with one attached hydrogen (secondary N) is 1. The molecular formula is C14H11F2NO3S. The molecule has 0 unspecified atom stereocenters. The van der Waals surface area contributed by atoms with Crippen LogP contribution in [-0.2, 0) is 16.8 Å². The predicted octanol–water partition coefficient (Wildman–Crippen LogP) is 3.02. The minimum absolute atomic E-state index is 0.0845. The van der Waals surface area contributed by atoms with Crippen LogP contribution in [0.15, 0.2) is 42.5 Å². The molecule has 0 atom stereocenters. The molecule has 0 bridgehead atoms. The molecule has 0 radical (unpaired) electrons. The zero-order chi connectivity index (χ0) is 15.0. The van der Waals surface area contributed by atoms with E-state index in [1.807, 2.05) is 0 Å². The molecule has 0 saturated heterocycles. The summed E-state index contributed by atoms with van der Waals surface area (Å²) in [5.74, 6) is 0.237. The Hall–Kier alpha value is -1.99. The van der Waals surface area contributed by atoms with Crippen molar-refractivity contribution in [2.75, 3.05) is 0 Å². The summed E-state index contributed by atoms with van der Waals surface area (Å²) in [5.41, 5.74) is 1.78. The van der Waals surface area contributed by atoms with Crippen LogP contribution in [0.5, 0.6) is 5.75 Å². The number of benzene rings is 2. The first kappa shape index (κ1) is 14.0. The van der Waals surface area contributed by atoms with Gasteiger partial charge in [-0.15, -0.1) is 0 Å². The average molecular weight is 311 g/mol. The van der Waals surface area contributed by atoms with Crippen molar-refractivity contribution in [1.29, 1.82) is 0 Å². The molecular weight excluding hydrogens is 300 g/mol. The molecule has 2 aromatic carbocycles. The van der Waals surface area contributed by atoms with Gasteiger partial charge in [0.2, 0.25) is 0 Å². The van der Waals surface area contributed by atoms with Gasteiger partial charge in [-0.05, 0) is 5.56 Å². The normalized spacial score (nSPS) is 16.3. The molecule has 21 heavy (non-hydrogen) atoms. The van der Waals surface area contributed by atoms with Crippen molar-refractivity contribution in [3.05, 3.63) is 53.6 Å². The van der Waals surface area contributed by atoms with Gasteiger partial charge < -0.3 is 4.18 Å². The topological polar surface area (TPSA) is 55.4 Å². The second-order valence-electron chi connectivity index (χ2n) is 4.58. The molecule has 2 aromatic rings. The molecule has 0 aromatic heterocycles. The summed E-state index contributed by atoms with van der Waals surface area (Å²) < 4.78 is 55.4. The van der Waals surface area contributed by atoms with Crippen molar-refractivity contribution < 1.29 is 21.4 Å². The second-order valence-corrected chi connectivity index (χ2v) is 5.94. The third-order valence-corrected chi connectivity index (χ3v) is 4.09. The first-order valence-electron chi connectivity index (χ1n) is 6.16. The minimum Gasteiger partial charge on any atom is -0.370 e. The Bertz CT molecular complexity index is 773. The fraction of sp³-hybridized carbons (Fsp3) is 0.143. The Morgan fingerprint density at radius 2 is 1.81 bits per heavy atom. The lowest BCUT2D eigenvalue weighted by molar-refractivity contribution is 0.151. The van der Waals surface area contributed by atoms with Gasteiger partial charge >= 0.3 is 10.3 Å². The largest absolute Gasteiger partial charge is 0.382 e. The van der Waals surface area contributed by atoms with E-state index >= 15 is 0 Å². The maximum Gasteiger partial charge on any atom is 0.382 e. The van der Waals surface area contributed by atoms with Crippen LogP contribution in [0.1, 0.15) is 17.6 Å². The van der Waals surface area contributed by atoms with E-state index in [0.29, 0.717) is 16.7 Å². The highest BCUT2D eigenvalue weighted by atomic mass is 32.2. The fourth-order valence-electron chi connectivity index (χ4n) is 2.16. The monoisotopic (exact) mass is 311 g/mol. The molecule has 1 aliphatic rings. The van der Waals surface area contributed by atoms with E-state index in [4.69, 9.17) is 4.18 Å². The lowest BCUT2D eigenvalue weighted by atomic mass is 10.0. The van der Waals surface area contributed by atoms with Crippen molar-refractivity contribution in [3.63, 3.8) is 0 Å². The number of alkyl halides is 2. The number of fused-ring (bicyclic) bond motifs is 1. The predicted molar refractivity (Wildman–Crippen MR) is 73.2 cm³/mol. The van der Waals surface area contributed by atoms with Gasteiger partial charge in [-0.25, -0.2) is 8.78 Å². The Morgan fingerprint density at radius 1 is 1.10 bits per heavy atom. The molecule has 7 heteroatoms. The van der Waals surface area contributed by atoms with Gasteiger partial charge in [-0.3, -0.25) is 0 Å². The number of halogens is 2. The maximum atomic E-state index is 12.6. The minimum atomic E-state index is -3.82. The highest BCUT2D eigenvalue weighted by Crippen LogP contribution is 2.36. The molecule has 0 amide bonds. The van der Waals surface area contributed by atoms with E-state index in [9.17, 15) is 17.2 Å². The number of para-hydroxylation sites is 1. The van der Waals surface area contributed by atoms with Crippen LogP contribution >= 0.6 is 0 Å². The summed E-state index contributed by atoms with van der Waals surface area (Å²) in [5, 5.41) is 0. The number of rotatable bonds is 2. The standard InChI is InChI=1S/C14H11F2NO3S/c15-14(16)10-6-4-9(5-7-10)12-3-1-2-11-8-17-21(18,19)20-13(11)12/h1-7,14,17H,8H2. The molecule has 3 rings (SSSR count). The third kappa shape index (κ3) is 2.74. The lowest BCUT2D eigenvalue weighted by Crippen LogP contribution is -2.32. The van der Waals surface area contributed by atoms with Crippen molar-refractivity contribution in [2.45, 2.75) is 13.0 Å². The van der Waals surface area contributed by atoms with Crippen LogP contribution in [0.4, 0.5) is 8.78 Å². The number of hydrogen-bond acceptors (Lipinski definition) is 3. The van der Waals surface area contributed by atoms with Crippen molar-refractivity contribution in [1.82, 2.24) is 4.72 Å². The van der Waals surface area contributed by atoms with Crippen molar-refractivity contribution in [3.8, 4) is 16.9 Å². The summed E-state index contributed by atoms with van der Waals surface area (Å²) in [4.78, 5) is 0. The molecule has 110 valence electrons. The van der Waals surface area contributed by atoms with Gasteiger partial charge in [-0.1, -0.05) is 42.5 Å². The van der Waals surface area contributed by atoms with Crippen LogP contribution in [-0.4, -0.2) is 8.42 Å². The highest BCUT2D eigenvalue weighted by Gasteiger charge is 2.24. The van der Waals surface area contributed by atoms with Crippen molar-refractivity contribution >= 4 is 10.3 Å². The molecule has 0 fully saturated rings. The lowest BCUT2D eigenvalue weighted by Gasteiger charge is -2.20. The Morgan fingerprint density at radius 3 is 2.48 bits per heavy atom. The summed E-state index contributed by atoms with van der Waals surface area (Å²) in [6.07, 6.45) is -2.54. The van der Waals surface area contributed by atoms with Crippen molar-refractivity contribution in [2.24, 2.45) is 0 Å². The average Bonchev–Trinajstić information content (AvgIpc) is 2.46. The van der Waals surface area contributed by atoms with Gasteiger partial charge in [0.25, 0.3) is 6.43 Å². The molecule has 0 saturated carbocycles. The van der Waals surface area contributed by atoms with E-state index < -0.39 is 16.7 Å². The van der Waals surface area contributed by atoms with Crippen LogP contribution < -0.4 is 8.91 Å². The smallest absolute Gasteiger partial charge is 0.370 e. The zero-order valence-electron chi connectivity index (χ0n) is 10.7. The molecule has 4 nitrogen and oxygen atoms in total.